The summed E-state index contributed by atoms with van der Waals surface area (Å²) in [6, 6.07) is 0. The van der Waals surface area contributed by atoms with Crippen LogP contribution in [0.4, 0.5) is 0 Å². The largest absolute Gasteiger partial charge is 0.469 e. The quantitative estimate of drug-likeness (QED) is 0.405. The second kappa shape index (κ2) is 6.35. The van der Waals surface area contributed by atoms with Crippen molar-refractivity contribution in [3.05, 3.63) is 0 Å². The average Bonchev–Trinajstić information content (AvgIpc) is 3.11. The molecule has 0 radical (unpaired) electrons. The number of methoxy groups -OCH3 is 1. The number of nitrogens with one attached hydrogen (secondary N) is 2. The Labute approximate surface area is 96.7 Å². The van der Waals surface area contributed by atoms with Crippen molar-refractivity contribution >= 4 is 11.9 Å². The number of hydrogen-bond acceptors (Lipinski definition) is 3. The summed E-state index contributed by atoms with van der Waals surface area (Å²) in [7, 11) is 3.13. The molecule has 0 aliphatic heterocycles. The lowest BCUT2D eigenvalue weighted by Gasteiger charge is -2.14. The molecule has 1 unspecified atom stereocenters. The van der Waals surface area contributed by atoms with Crippen molar-refractivity contribution in [3.8, 4) is 0 Å². The number of rotatable bonds is 5. The zero-order valence-electron chi connectivity index (χ0n) is 10.2. The van der Waals surface area contributed by atoms with Crippen LogP contribution < -0.4 is 10.6 Å². The maximum absolute atomic E-state index is 11.2. The number of carbonyl (C=O) groups excluding carboxylic acids is 1. The number of esters is 1. The second-order valence-electron chi connectivity index (χ2n) is 4.20. The molecule has 5 nitrogen and oxygen atoms in total. The molecule has 1 fully saturated rings. The zero-order chi connectivity index (χ0) is 12.0. The molecule has 0 amide bonds. The van der Waals surface area contributed by atoms with Crippen molar-refractivity contribution in [1.29, 1.82) is 0 Å². The van der Waals surface area contributed by atoms with Crippen LogP contribution in [0.5, 0.6) is 0 Å². The monoisotopic (exact) mass is 227 g/mol. The van der Waals surface area contributed by atoms with Crippen LogP contribution in [0.25, 0.3) is 0 Å². The Morgan fingerprint density at radius 3 is 2.69 bits per heavy atom. The number of carbonyl (C=O) groups is 1. The van der Waals surface area contributed by atoms with Gasteiger partial charge in [0.05, 0.1) is 13.0 Å². The van der Waals surface area contributed by atoms with E-state index >= 15 is 0 Å². The first-order chi connectivity index (χ1) is 7.67. The van der Waals surface area contributed by atoms with E-state index in [1.54, 1.807) is 7.05 Å². The van der Waals surface area contributed by atoms with E-state index in [4.69, 9.17) is 0 Å². The number of guanidine groups is 1. The van der Waals surface area contributed by atoms with Gasteiger partial charge >= 0.3 is 5.97 Å². The highest BCUT2D eigenvalue weighted by Crippen LogP contribution is 2.27. The standard InChI is InChI=1S/C11H21N3O2/c1-8(10(15)16-3)6-13-11(12-2)14-7-9-4-5-9/h8-9H,4-7H2,1-3H3,(H2,12,13,14). The van der Waals surface area contributed by atoms with Crippen LogP contribution in [-0.4, -0.2) is 39.2 Å². The van der Waals surface area contributed by atoms with Crippen LogP contribution in [0.2, 0.25) is 0 Å². The van der Waals surface area contributed by atoms with Crippen molar-refractivity contribution < 1.29 is 9.53 Å². The summed E-state index contributed by atoms with van der Waals surface area (Å²) in [4.78, 5) is 15.3. The Morgan fingerprint density at radius 2 is 2.19 bits per heavy atom. The Hall–Kier alpha value is -1.26. The summed E-state index contributed by atoms with van der Waals surface area (Å²) >= 11 is 0. The van der Waals surface area contributed by atoms with Gasteiger partial charge in [0.2, 0.25) is 0 Å². The van der Waals surface area contributed by atoms with Gasteiger partial charge in [0.1, 0.15) is 0 Å². The minimum absolute atomic E-state index is 0.163. The number of aliphatic imine (C=N–C) groups is 1. The van der Waals surface area contributed by atoms with Gasteiger partial charge in [-0.3, -0.25) is 9.79 Å². The van der Waals surface area contributed by atoms with Crippen LogP contribution in [0.1, 0.15) is 19.8 Å². The van der Waals surface area contributed by atoms with Crippen LogP contribution in [-0.2, 0) is 9.53 Å². The fourth-order valence-corrected chi connectivity index (χ4v) is 1.32. The van der Waals surface area contributed by atoms with E-state index in [0.717, 1.165) is 18.4 Å². The molecule has 92 valence electrons. The molecule has 0 aromatic carbocycles. The summed E-state index contributed by atoms with van der Waals surface area (Å²) in [5.41, 5.74) is 0. The van der Waals surface area contributed by atoms with E-state index in [-0.39, 0.29) is 11.9 Å². The van der Waals surface area contributed by atoms with Crippen LogP contribution >= 0.6 is 0 Å². The van der Waals surface area contributed by atoms with Gasteiger partial charge in [-0.25, -0.2) is 0 Å². The molecule has 1 atom stereocenters. The zero-order valence-corrected chi connectivity index (χ0v) is 10.2. The predicted octanol–water partition coefficient (Wildman–Crippen LogP) is 0.370. The first-order valence-electron chi connectivity index (χ1n) is 5.69. The first kappa shape index (κ1) is 12.8. The summed E-state index contributed by atoms with van der Waals surface area (Å²) in [5.74, 6) is 1.19. The molecule has 1 aliphatic rings. The van der Waals surface area contributed by atoms with Crippen molar-refractivity contribution in [2.75, 3.05) is 27.2 Å². The van der Waals surface area contributed by atoms with E-state index in [9.17, 15) is 4.79 Å². The average molecular weight is 227 g/mol. The summed E-state index contributed by atoms with van der Waals surface area (Å²) in [6.07, 6.45) is 2.62. The van der Waals surface area contributed by atoms with Gasteiger partial charge in [0.25, 0.3) is 0 Å². The van der Waals surface area contributed by atoms with Gasteiger partial charge in [0.15, 0.2) is 5.96 Å². The molecule has 0 saturated heterocycles. The highest BCUT2D eigenvalue weighted by molar-refractivity contribution is 5.80. The van der Waals surface area contributed by atoms with E-state index in [1.165, 1.54) is 20.0 Å². The maximum Gasteiger partial charge on any atom is 0.310 e. The summed E-state index contributed by atoms with van der Waals surface area (Å²) in [6.45, 7) is 3.33. The van der Waals surface area contributed by atoms with Crippen LogP contribution in [0.3, 0.4) is 0 Å². The summed E-state index contributed by atoms with van der Waals surface area (Å²) in [5, 5.41) is 6.34. The number of ether oxygens (including phenoxy) is 1. The van der Waals surface area contributed by atoms with Crippen LogP contribution in [0.15, 0.2) is 4.99 Å². The molecule has 1 rings (SSSR count). The molecule has 1 aliphatic carbocycles. The lowest BCUT2D eigenvalue weighted by atomic mass is 10.2. The minimum Gasteiger partial charge on any atom is -0.469 e. The highest BCUT2D eigenvalue weighted by Gasteiger charge is 2.21. The van der Waals surface area contributed by atoms with Crippen molar-refractivity contribution in [2.45, 2.75) is 19.8 Å². The molecule has 0 spiro atoms. The maximum atomic E-state index is 11.2. The third-order valence-corrected chi connectivity index (χ3v) is 2.66. The van der Waals surface area contributed by atoms with Gasteiger partial charge in [-0.1, -0.05) is 6.92 Å². The molecular weight excluding hydrogens is 206 g/mol. The molecular formula is C11H21N3O2. The van der Waals surface area contributed by atoms with E-state index in [1.807, 2.05) is 6.92 Å². The smallest absolute Gasteiger partial charge is 0.310 e. The third-order valence-electron chi connectivity index (χ3n) is 2.66. The van der Waals surface area contributed by atoms with Gasteiger partial charge in [0, 0.05) is 20.1 Å². The Kier molecular flexibility index (Phi) is 5.08. The predicted molar refractivity (Wildman–Crippen MR) is 63.3 cm³/mol. The van der Waals surface area contributed by atoms with Crippen molar-refractivity contribution in [2.24, 2.45) is 16.8 Å². The fraction of sp³-hybridized carbons (Fsp3) is 0.818. The van der Waals surface area contributed by atoms with Gasteiger partial charge in [-0.2, -0.15) is 0 Å². The van der Waals surface area contributed by atoms with Gasteiger partial charge in [-0.05, 0) is 18.8 Å². The molecule has 16 heavy (non-hydrogen) atoms. The first-order valence-corrected chi connectivity index (χ1v) is 5.69. The normalized spacial score (nSPS) is 17.8. The third kappa shape index (κ3) is 4.51. The molecule has 0 aromatic rings. The van der Waals surface area contributed by atoms with E-state index in [0.29, 0.717) is 6.54 Å². The molecule has 0 aromatic heterocycles. The Balaban J connectivity index is 2.19. The number of nitrogens with zero attached hydrogens (tertiary/aromatic N) is 1. The fourth-order valence-electron chi connectivity index (χ4n) is 1.32. The van der Waals surface area contributed by atoms with Gasteiger partial charge in [-0.15, -0.1) is 0 Å². The number of hydrogen-bond donors (Lipinski definition) is 2. The molecule has 5 heteroatoms. The van der Waals surface area contributed by atoms with E-state index in [2.05, 4.69) is 20.4 Å². The lowest BCUT2D eigenvalue weighted by molar-refractivity contribution is -0.144. The lowest BCUT2D eigenvalue weighted by Crippen LogP contribution is -2.41. The second-order valence-corrected chi connectivity index (χ2v) is 4.20. The molecule has 0 bridgehead atoms. The van der Waals surface area contributed by atoms with Crippen LogP contribution in [0, 0.1) is 11.8 Å². The van der Waals surface area contributed by atoms with E-state index < -0.39 is 0 Å². The highest BCUT2D eigenvalue weighted by atomic mass is 16.5. The topological polar surface area (TPSA) is 62.7 Å². The molecule has 2 N–H and O–H groups in total. The molecule has 0 heterocycles. The summed E-state index contributed by atoms with van der Waals surface area (Å²) < 4.78 is 4.65. The molecule has 1 saturated carbocycles. The van der Waals surface area contributed by atoms with Crippen molar-refractivity contribution in [3.63, 3.8) is 0 Å². The Morgan fingerprint density at radius 1 is 1.50 bits per heavy atom. The van der Waals surface area contributed by atoms with Crippen molar-refractivity contribution in [1.82, 2.24) is 10.6 Å². The Bertz CT molecular complexity index is 262. The van der Waals surface area contributed by atoms with Gasteiger partial charge < -0.3 is 15.4 Å². The minimum atomic E-state index is -0.204. The SMILES string of the molecule is CN=C(NCC1CC1)NCC(C)C(=O)OC.